The van der Waals surface area contributed by atoms with Crippen LogP contribution in [-0.4, -0.2) is 78.1 Å². The van der Waals surface area contributed by atoms with Gasteiger partial charge in [0, 0.05) is 49.7 Å². The van der Waals surface area contributed by atoms with Crippen LogP contribution in [0.15, 0.2) is 97.6 Å². The van der Waals surface area contributed by atoms with Gasteiger partial charge in [-0.25, -0.2) is 4.79 Å². The number of primary amides is 1. The Morgan fingerprint density at radius 2 is 1.33 bits per heavy atom. The van der Waals surface area contributed by atoms with Crippen LogP contribution >= 0.6 is 0 Å². The Balaban J connectivity index is 1.76. The first-order valence-electron chi connectivity index (χ1n) is 21.7. The van der Waals surface area contributed by atoms with Gasteiger partial charge in [-0.3, -0.25) is 0 Å². The third kappa shape index (κ3) is 17.0. The lowest BCUT2D eigenvalue weighted by Crippen LogP contribution is -2.50. The highest BCUT2D eigenvalue weighted by molar-refractivity contribution is 5.64. The SMILES string of the molecule is C=C/C=C\[C@H](C)[C@H](OC(N)=O)[C@@H](C)[C@@H](CC/C=C\[C@H](C)[C@@H](OCc1ccc(OC)cc1)[C@@H](C)/C=C\CC[C@@H]1O[C@@H](OC)[C@H](C)[C@@H](OCOC)[C@@H]1C)OCc1ccc(OC)cc1. The van der Waals surface area contributed by atoms with Gasteiger partial charge in [0.05, 0.1) is 51.8 Å². The van der Waals surface area contributed by atoms with Crippen LogP contribution in [0.5, 0.6) is 11.5 Å². The van der Waals surface area contributed by atoms with Crippen LogP contribution in [0, 0.1) is 35.5 Å². The van der Waals surface area contributed by atoms with E-state index in [9.17, 15) is 4.79 Å². The fourth-order valence-corrected chi connectivity index (χ4v) is 8.20. The second kappa shape index (κ2) is 27.9. The van der Waals surface area contributed by atoms with Gasteiger partial charge in [-0.2, -0.15) is 0 Å². The van der Waals surface area contributed by atoms with Crippen molar-refractivity contribution in [1.82, 2.24) is 0 Å². The normalized spacial score (nSPS) is 23.0. The molecule has 1 heterocycles. The standard InChI is InChI=1S/C50H75NO10/c1-12-13-18-36(4)47(61-50(51)52)37(5)44(57-31-40-23-27-42(54-9)28-24-40)21-16-14-19-34(2)46(58-32-41-25-29-43(55-10)30-26-41)35(3)20-15-17-22-45-38(6)48(59-33-53-8)39(7)49(56-11)60-45/h12-15,18-20,23-30,34-39,44-49H,1,16-17,21-22,31-33H2,2-11H3,(H2,51,52)/b18-13-,19-14-,20-15-/t34-,35-,36-,37-,38+,39+,44+,45-,46+,47-,48-,49+/m0/s1. The topological polar surface area (TPSA) is 126 Å². The monoisotopic (exact) mass is 850 g/mol. The highest BCUT2D eigenvalue weighted by Gasteiger charge is 2.42. The van der Waals surface area contributed by atoms with Gasteiger partial charge in [0.1, 0.15) is 24.4 Å². The van der Waals surface area contributed by atoms with E-state index in [4.69, 9.17) is 48.4 Å². The molecule has 2 aromatic carbocycles. The van der Waals surface area contributed by atoms with Crippen molar-refractivity contribution in [3.8, 4) is 11.5 Å². The molecule has 0 unspecified atom stereocenters. The highest BCUT2D eigenvalue weighted by Crippen LogP contribution is 2.35. The molecule has 2 N–H and O–H groups in total. The largest absolute Gasteiger partial charge is 0.497 e. The van der Waals surface area contributed by atoms with Gasteiger partial charge in [-0.15, -0.1) is 0 Å². The molecular formula is C50H75NO10. The fourth-order valence-electron chi connectivity index (χ4n) is 8.20. The number of amides is 1. The summed E-state index contributed by atoms with van der Waals surface area (Å²) >= 11 is 0. The van der Waals surface area contributed by atoms with Gasteiger partial charge in [0.25, 0.3) is 0 Å². The fraction of sp³-hybridized carbons (Fsp3) is 0.580. The summed E-state index contributed by atoms with van der Waals surface area (Å²) in [5.74, 6) is 1.79. The zero-order valence-electron chi connectivity index (χ0n) is 38.4. The summed E-state index contributed by atoms with van der Waals surface area (Å²) in [4.78, 5) is 12.1. The number of hydrogen-bond donors (Lipinski definition) is 1. The average molecular weight is 850 g/mol. The molecule has 340 valence electrons. The minimum Gasteiger partial charge on any atom is -0.497 e. The molecule has 0 bridgehead atoms. The number of rotatable bonds is 28. The maximum atomic E-state index is 12.1. The summed E-state index contributed by atoms with van der Waals surface area (Å²) in [5.41, 5.74) is 7.66. The molecule has 1 amide bonds. The van der Waals surface area contributed by atoms with Crippen molar-refractivity contribution in [1.29, 1.82) is 0 Å². The second-order valence-electron chi connectivity index (χ2n) is 16.3. The van der Waals surface area contributed by atoms with Crippen molar-refractivity contribution in [2.75, 3.05) is 35.2 Å². The lowest BCUT2D eigenvalue weighted by molar-refractivity contribution is -0.271. The van der Waals surface area contributed by atoms with Crippen molar-refractivity contribution < 1.29 is 47.4 Å². The third-order valence-corrected chi connectivity index (χ3v) is 11.8. The maximum Gasteiger partial charge on any atom is 0.404 e. The molecule has 2 aromatic rings. The van der Waals surface area contributed by atoms with Gasteiger partial charge in [0.2, 0.25) is 0 Å². The number of ether oxygens (including phenoxy) is 9. The number of benzene rings is 2. The van der Waals surface area contributed by atoms with E-state index >= 15 is 0 Å². The molecule has 1 aliphatic heterocycles. The lowest BCUT2D eigenvalue weighted by atomic mass is 9.84. The van der Waals surface area contributed by atoms with E-state index in [0.29, 0.717) is 19.6 Å². The predicted molar refractivity (Wildman–Crippen MR) is 241 cm³/mol. The molecule has 11 nitrogen and oxygen atoms in total. The van der Waals surface area contributed by atoms with Crippen LogP contribution in [0.2, 0.25) is 0 Å². The van der Waals surface area contributed by atoms with E-state index in [1.807, 2.05) is 67.6 Å². The van der Waals surface area contributed by atoms with Crippen molar-refractivity contribution in [3.05, 3.63) is 109 Å². The van der Waals surface area contributed by atoms with Crippen LogP contribution in [0.4, 0.5) is 4.79 Å². The molecule has 0 aliphatic carbocycles. The number of hydrogen-bond acceptors (Lipinski definition) is 10. The zero-order valence-corrected chi connectivity index (χ0v) is 38.4. The summed E-state index contributed by atoms with van der Waals surface area (Å²) in [5, 5.41) is 0. The molecule has 1 aliphatic rings. The second-order valence-corrected chi connectivity index (χ2v) is 16.3. The summed E-state index contributed by atoms with van der Waals surface area (Å²) in [6.45, 7) is 17.6. The van der Waals surface area contributed by atoms with Gasteiger partial charge in [-0.05, 0) is 61.1 Å². The third-order valence-electron chi connectivity index (χ3n) is 11.8. The number of allylic oxidation sites excluding steroid dienone is 4. The molecule has 61 heavy (non-hydrogen) atoms. The van der Waals surface area contributed by atoms with Crippen LogP contribution in [-0.2, 0) is 46.4 Å². The Labute approximate surface area is 366 Å². The summed E-state index contributed by atoms with van der Waals surface area (Å²) < 4.78 is 53.1. The van der Waals surface area contributed by atoms with Gasteiger partial charge in [0.15, 0.2) is 6.29 Å². The van der Waals surface area contributed by atoms with E-state index in [-0.39, 0.29) is 73.0 Å². The number of carbonyl (C=O) groups is 1. The molecule has 12 atom stereocenters. The van der Waals surface area contributed by atoms with E-state index in [0.717, 1.165) is 41.9 Å². The Bertz CT molecular complexity index is 1610. The molecule has 11 heteroatoms. The maximum absolute atomic E-state index is 12.1. The van der Waals surface area contributed by atoms with Crippen molar-refractivity contribution in [3.63, 3.8) is 0 Å². The number of nitrogens with two attached hydrogens (primary N) is 1. The smallest absolute Gasteiger partial charge is 0.404 e. The van der Waals surface area contributed by atoms with E-state index in [1.165, 1.54) is 0 Å². The van der Waals surface area contributed by atoms with E-state index < -0.39 is 12.2 Å². The Morgan fingerprint density at radius 3 is 1.85 bits per heavy atom. The van der Waals surface area contributed by atoms with Crippen LogP contribution in [0.1, 0.15) is 78.4 Å². The van der Waals surface area contributed by atoms with Gasteiger partial charge >= 0.3 is 6.09 Å². The molecule has 3 rings (SSSR count). The van der Waals surface area contributed by atoms with Crippen LogP contribution < -0.4 is 15.2 Å². The van der Waals surface area contributed by atoms with E-state index in [1.54, 1.807) is 34.5 Å². The minimum absolute atomic E-state index is 0.0110. The molecule has 1 saturated heterocycles. The molecule has 0 aromatic heterocycles. The average Bonchev–Trinajstić information content (AvgIpc) is 3.26. The van der Waals surface area contributed by atoms with Crippen LogP contribution in [0.25, 0.3) is 0 Å². The lowest BCUT2D eigenvalue weighted by Gasteiger charge is -2.43. The first-order valence-corrected chi connectivity index (χ1v) is 21.7. The first kappa shape index (κ1) is 51.4. The Hall–Kier alpha value is -3.97. The number of carbonyl (C=O) groups excluding carboxylic acids is 1. The van der Waals surface area contributed by atoms with E-state index in [2.05, 4.69) is 65.5 Å². The van der Waals surface area contributed by atoms with Gasteiger partial charge in [-0.1, -0.05) is 115 Å². The first-order chi connectivity index (χ1) is 29.4. The highest BCUT2D eigenvalue weighted by atomic mass is 16.7. The molecule has 1 fully saturated rings. The van der Waals surface area contributed by atoms with Crippen LogP contribution in [0.3, 0.4) is 0 Å². The van der Waals surface area contributed by atoms with Crippen molar-refractivity contribution in [2.24, 2.45) is 41.2 Å². The van der Waals surface area contributed by atoms with Crippen molar-refractivity contribution >= 4 is 6.09 Å². The Kier molecular flexibility index (Phi) is 23.5. The quantitative estimate of drug-likeness (QED) is 0.0502. The molecular weight excluding hydrogens is 775 g/mol. The molecule has 0 radical (unpaired) electrons. The minimum atomic E-state index is -0.811. The summed E-state index contributed by atoms with van der Waals surface area (Å²) in [6.07, 6.45) is 15.6. The predicted octanol–water partition coefficient (Wildman–Crippen LogP) is 10.2. The summed E-state index contributed by atoms with van der Waals surface area (Å²) in [6, 6.07) is 15.8. The van der Waals surface area contributed by atoms with Crippen molar-refractivity contribution in [2.45, 2.75) is 117 Å². The number of methoxy groups -OCH3 is 4. The van der Waals surface area contributed by atoms with Gasteiger partial charge < -0.3 is 48.4 Å². The Morgan fingerprint density at radius 1 is 0.770 bits per heavy atom. The zero-order chi connectivity index (χ0) is 44.7. The molecule has 0 saturated carbocycles. The summed E-state index contributed by atoms with van der Waals surface area (Å²) in [7, 11) is 6.64. The molecule has 0 spiro atoms.